The van der Waals surface area contributed by atoms with Gasteiger partial charge in [0.25, 0.3) is 5.56 Å². The van der Waals surface area contributed by atoms with E-state index >= 15 is 0 Å². The quantitative estimate of drug-likeness (QED) is 0.842. The Kier molecular flexibility index (Phi) is 5.14. The monoisotopic (exact) mass is 280 g/mol. The zero-order valence-electron chi connectivity index (χ0n) is 12.5. The second kappa shape index (κ2) is 6.85. The molecule has 1 unspecified atom stereocenters. The fourth-order valence-electron chi connectivity index (χ4n) is 2.38. The van der Waals surface area contributed by atoms with E-state index in [1.54, 1.807) is 12.3 Å². The summed E-state index contributed by atoms with van der Waals surface area (Å²) in [6.07, 6.45) is 1.78. The smallest absolute Gasteiger partial charge is 0.268 e. The summed E-state index contributed by atoms with van der Waals surface area (Å²) < 4.78 is 6.85. The van der Waals surface area contributed by atoms with Crippen LogP contribution in [0.25, 0.3) is 0 Å². The minimum absolute atomic E-state index is 0.0464. The van der Waals surface area contributed by atoms with Gasteiger partial charge in [-0.3, -0.25) is 4.79 Å². The minimum Gasteiger partial charge on any atom is -0.378 e. The summed E-state index contributed by atoms with van der Waals surface area (Å²) >= 11 is 0. The highest BCUT2D eigenvalue weighted by Gasteiger charge is 2.15. The van der Waals surface area contributed by atoms with Crippen molar-refractivity contribution in [2.24, 2.45) is 5.92 Å². The number of morpholine rings is 1. The standard InChI is InChI=1S/C14H24N4O2/c1-11(2)13(15-3)10-18-14(19)8-12(9-16-18)17-4-6-20-7-5-17/h8-9,11,13,15H,4-7,10H2,1-3H3. The lowest BCUT2D eigenvalue weighted by Crippen LogP contribution is -2.40. The van der Waals surface area contributed by atoms with E-state index in [1.807, 2.05) is 7.05 Å². The van der Waals surface area contributed by atoms with Crippen LogP contribution in [0.2, 0.25) is 0 Å². The lowest BCUT2D eigenvalue weighted by atomic mass is 10.1. The molecule has 6 heteroatoms. The average molecular weight is 280 g/mol. The molecule has 1 saturated heterocycles. The molecule has 0 bridgehead atoms. The summed E-state index contributed by atoms with van der Waals surface area (Å²) in [6.45, 7) is 7.90. The zero-order valence-corrected chi connectivity index (χ0v) is 12.5. The first kappa shape index (κ1) is 15.0. The molecule has 1 fully saturated rings. The molecule has 20 heavy (non-hydrogen) atoms. The number of rotatable bonds is 5. The summed E-state index contributed by atoms with van der Waals surface area (Å²) in [4.78, 5) is 14.3. The van der Waals surface area contributed by atoms with Gasteiger partial charge in [-0.2, -0.15) is 5.10 Å². The molecule has 2 heterocycles. The van der Waals surface area contributed by atoms with Gasteiger partial charge in [-0.1, -0.05) is 13.8 Å². The molecule has 1 atom stereocenters. The van der Waals surface area contributed by atoms with Gasteiger partial charge >= 0.3 is 0 Å². The summed E-state index contributed by atoms with van der Waals surface area (Å²) in [6, 6.07) is 1.92. The second-order valence-corrected chi connectivity index (χ2v) is 5.47. The van der Waals surface area contributed by atoms with Gasteiger partial charge in [0.2, 0.25) is 0 Å². The Balaban J connectivity index is 2.11. The van der Waals surface area contributed by atoms with Crippen molar-refractivity contribution >= 4 is 5.69 Å². The van der Waals surface area contributed by atoms with Crippen molar-refractivity contribution in [3.8, 4) is 0 Å². The predicted octanol–water partition coefficient (Wildman–Crippen LogP) is 0.324. The molecular formula is C14H24N4O2. The number of nitrogens with zero attached hydrogens (tertiary/aromatic N) is 3. The summed E-state index contributed by atoms with van der Waals surface area (Å²) in [5, 5.41) is 7.53. The van der Waals surface area contributed by atoms with E-state index in [1.165, 1.54) is 4.68 Å². The number of aromatic nitrogens is 2. The molecule has 1 aromatic rings. The van der Waals surface area contributed by atoms with Gasteiger partial charge in [0.1, 0.15) is 0 Å². The zero-order chi connectivity index (χ0) is 14.5. The molecule has 0 amide bonds. The lowest BCUT2D eigenvalue weighted by Gasteiger charge is -2.28. The highest BCUT2D eigenvalue weighted by Crippen LogP contribution is 2.11. The molecule has 1 N–H and O–H groups in total. The topological polar surface area (TPSA) is 59.4 Å². The fourth-order valence-corrected chi connectivity index (χ4v) is 2.38. The van der Waals surface area contributed by atoms with Crippen LogP contribution >= 0.6 is 0 Å². The van der Waals surface area contributed by atoms with Crippen molar-refractivity contribution in [1.82, 2.24) is 15.1 Å². The number of likely N-dealkylation sites (N-methyl/N-ethyl adjacent to an activating group) is 1. The van der Waals surface area contributed by atoms with Gasteiger partial charge in [-0.15, -0.1) is 0 Å². The maximum absolute atomic E-state index is 12.2. The van der Waals surface area contributed by atoms with Gasteiger partial charge in [0, 0.05) is 25.2 Å². The second-order valence-electron chi connectivity index (χ2n) is 5.47. The Labute approximate surface area is 119 Å². The van der Waals surface area contributed by atoms with Crippen molar-refractivity contribution in [3.63, 3.8) is 0 Å². The third kappa shape index (κ3) is 3.58. The Morgan fingerprint density at radius 1 is 1.40 bits per heavy atom. The molecule has 0 spiro atoms. The largest absolute Gasteiger partial charge is 0.378 e. The first-order valence-electron chi connectivity index (χ1n) is 7.19. The Morgan fingerprint density at radius 3 is 2.65 bits per heavy atom. The molecule has 1 aromatic heterocycles. The van der Waals surface area contributed by atoms with E-state index in [0.717, 1.165) is 18.8 Å². The van der Waals surface area contributed by atoms with Crippen LogP contribution in [-0.4, -0.2) is 49.2 Å². The van der Waals surface area contributed by atoms with Crippen molar-refractivity contribution < 1.29 is 4.74 Å². The van der Waals surface area contributed by atoms with E-state index in [0.29, 0.717) is 25.7 Å². The van der Waals surface area contributed by atoms with Crippen LogP contribution < -0.4 is 15.8 Å². The number of hydrogen-bond acceptors (Lipinski definition) is 5. The lowest BCUT2D eigenvalue weighted by molar-refractivity contribution is 0.122. The maximum Gasteiger partial charge on any atom is 0.268 e. The normalized spacial score (nSPS) is 17.5. The number of ether oxygens (including phenoxy) is 1. The summed E-state index contributed by atoms with van der Waals surface area (Å²) in [7, 11) is 1.91. The van der Waals surface area contributed by atoms with E-state index < -0.39 is 0 Å². The molecule has 112 valence electrons. The van der Waals surface area contributed by atoms with Crippen LogP contribution in [-0.2, 0) is 11.3 Å². The van der Waals surface area contributed by atoms with Crippen molar-refractivity contribution in [2.75, 3.05) is 38.3 Å². The third-order valence-electron chi connectivity index (χ3n) is 3.78. The van der Waals surface area contributed by atoms with E-state index in [2.05, 4.69) is 29.2 Å². The predicted molar refractivity (Wildman–Crippen MR) is 79.2 cm³/mol. The van der Waals surface area contributed by atoms with Gasteiger partial charge < -0.3 is 15.0 Å². The minimum atomic E-state index is -0.0464. The Bertz CT molecular complexity index is 480. The van der Waals surface area contributed by atoms with Crippen LogP contribution in [0.3, 0.4) is 0 Å². The van der Waals surface area contributed by atoms with E-state index in [4.69, 9.17) is 4.74 Å². The van der Waals surface area contributed by atoms with Gasteiger partial charge in [-0.05, 0) is 13.0 Å². The summed E-state index contributed by atoms with van der Waals surface area (Å²) in [5.74, 6) is 0.451. The highest BCUT2D eigenvalue weighted by atomic mass is 16.5. The maximum atomic E-state index is 12.2. The summed E-state index contributed by atoms with van der Waals surface area (Å²) in [5.41, 5.74) is 0.843. The molecule has 0 saturated carbocycles. The Morgan fingerprint density at radius 2 is 2.10 bits per heavy atom. The van der Waals surface area contributed by atoms with E-state index in [-0.39, 0.29) is 11.6 Å². The van der Waals surface area contributed by atoms with Crippen molar-refractivity contribution in [2.45, 2.75) is 26.4 Å². The van der Waals surface area contributed by atoms with Gasteiger partial charge in [-0.25, -0.2) is 4.68 Å². The molecular weight excluding hydrogens is 256 g/mol. The van der Waals surface area contributed by atoms with Gasteiger partial charge in [0.05, 0.1) is 31.6 Å². The van der Waals surface area contributed by atoms with E-state index in [9.17, 15) is 4.79 Å². The van der Waals surface area contributed by atoms with Crippen molar-refractivity contribution in [1.29, 1.82) is 0 Å². The highest BCUT2D eigenvalue weighted by molar-refractivity contribution is 5.43. The molecule has 1 aliphatic heterocycles. The molecule has 6 nitrogen and oxygen atoms in total. The molecule has 0 radical (unpaired) electrons. The van der Waals surface area contributed by atoms with Crippen LogP contribution in [0.15, 0.2) is 17.1 Å². The number of nitrogens with one attached hydrogen (secondary N) is 1. The third-order valence-corrected chi connectivity index (χ3v) is 3.78. The van der Waals surface area contributed by atoms with Crippen LogP contribution in [0.5, 0.6) is 0 Å². The van der Waals surface area contributed by atoms with Crippen molar-refractivity contribution in [3.05, 3.63) is 22.6 Å². The Hall–Kier alpha value is -1.40. The number of anilines is 1. The molecule has 2 rings (SSSR count). The fraction of sp³-hybridized carbons (Fsp3) is 0.714. The van der Waals surface area contributed by atoms with Crippen LogP contribution in [0, 0.1) is 5.92 Å². The first-order chi connectivity index (χ1) is 9.61. The van der Waals surface area contributed by atoms with Gasteiger partial charge in [0.15, 0.2) is 0 Å². The molecule has 1 aliphatic rings. The van der Waals surface area contributed by atoms with Crippen LogP contribution in [0.1, 0.15) is 13.8 Å². The molecule has 0 aliphatic carbocycles. The average Bonchev–Trinajstić information content (AvgIpc) is 2.46. The molecule has 0 aromatic carbocycles. The van der Waals surface area contributed by atoms with Crippen LogP contribution in [0.4, 0.5) is 5.69 Å². The number of hydrogen-bond donors (Lipinski definition) is 1. The first-order valence-corrected chi connectivity index (χ1v) is 7.19. The SMILES string of the molecule is CNC(Cn1ncc(N2CCOCC2)cc1=O)C(C)C.